The smallest absolute Gasteiger partial charge is 0.181 e. The van der Waals surface area contributed by atoms with Crippen molar-refractivity contribution in [1.29, 1.82) is 0 Å². The van der Waals surface area contributed by atoms with E-state index < -0.39 is 0 Å². The molecular formula is C9H9FN2S. The van der Waals surface area contributed by atoms with Crippen LogP contribution in [0, 0.1) is 5.82 Å². The fraction of sp³-hybridized carbons (Fsp3) is 0.222. The van der Waals surface area contributed by atoms with Gasteiger partial charge in [-0.15, -0.1) is 0 Å². The summed E-state index contributed by atoms with van der Waals surface area (Å²) < 4.78 is 14.1. The number of aromatic nitrogens is 1. The molecule has 0 amide bonds. The Morgan fingerprint density at radius 2 is 2.31 bits per heavy atom. The standard InChI is InChI=1S/C9H9FN2S/c1-2-5-3-4-6(10)7-8(5)13-9(11)12-7/h3-4H,2H2,1H3,(H2,11,12). The van der Waals surface area contributed by atoms with E-state index in [1.807, 2.05) is 6.92 Å². The number of hydrogen-bond acceptors (Lipinski definition) is 3. The minimum absolute atomic E-state index is 0.292. The molecule has 68 valence electrons. The zero-order valence-electron chi connectivity index (χ0n) is 7.17. The molecule has 0 bridgehead atoms. The van der Waals surface area contributed by atoms with Gasteiger partial charge in [-0.2, -0.15) is 0 Å². The molecule has 2 rings (SSSR count). The average molecular weight is 196 g/mol. The van der Waals surface area contributed by atoms with Gasteiger partial charge in [0.2, 0.25) is 0 Å². The summed E-state index contributed by atoms with van der Waals surface area (Å²) in [4.78, 5) is 3.94. The van der Waals surface area contributed by atoms with Gasteiger partial charge < -0.3 is 5.73 Å². The zero-order valence-corrected chi connectivity index (χ0v) is 7.99. The molecule has 0 aliphatic rings. The van der Waals surface area contributed by atoms with Crippen LogP contribution in [0.15, 0.2) is 12.1 Å². The normalized spacial score (nSPS) is 10.9. The number of fused-ring (bicyclic) bond motifs is 1. The molecule has 0 saturated heterocycles. The number of aryl methyl sites for hydroxylation is 1. The second-order valence-corrected chi connectivity index (χ2v) is 3.82. The molecule has 0 fully saturated rings. The molecule has 0 aliphatic carbocycles. The van der Waals surface area contributed by atoms with E-state index in [2.05, 4.69) is 4.98 Å². The molecule has 4 heteroatoms. The van der Waals surface area contributed by atoms with Gasteiger partial charge in [-0.1, -0.05) is 24.3 Å². The fourth-order valence-corrected chi connectivity index (χ4v) is 2.25. The van der Waals surface area contributed by atoms with Crippen LogP contribution in [-0.2, 0) is 6.42 Å². The van der Waals surface area contributed by atoms with Gasteiger partial charge in [0.05, 0.1) is 4.70 Å². The van der Waals surface area contributed by atoms with E-state index in [0.717, 1.165) is 16.7 Å². The van der Waals surface area contributed by atoms with Gasteiger partial charge in [-0.3, -0.25) is 0 Å². The number of nitrogens with two attached hydrogens (primary N) is 1. The van der Waals surface area contributed by atoms with Crippen LogP contribution in [0.2, 0.25) is 0 Å². The third-order valence-electron chi connectivity index (χ3n) is 1.97. The first-order valence-corrected chi connectivity index (χ1v) is 4.87. The van der Waals surface area contributed by atoms with Crippen molar-refractivity contribution >= 4 is 26.7 Å². The van der Waals surface area contributed by atoms with E-state index in [1.165, 1.54) is 17.4 Å². The number of nitrogens with zero attached hydrogens (tertiary/aromatic N) is 1. The van der Waals surface area contributed by atoms with Gasteiger partial charge in [0.1, 0.15) is 11.3 Å². The van der Waals surface area contributed by atoms with Crippen LogP contribution in [0.1, 0.15) is 12.5 Å². The summed E-state index contributed by atoms with van der Waals surface area (Å²) in [6.07, 6.45) is 0.873. The van der Waals surface area contributed by atoms with Crippen molar-refractivity contribution in [3.05, 3.63) is 23.5 Å². The lowest BCUT2D eigenvalue weighted by Gasteiger charge is -1.97. The van der Waals surface area contributed by atoms with Gasteiger partial charge in [0, 0.05) is 0 Å². The average Bonchev–Trinajstić information content (AvgIpc) is 2.48. The van der Waals surface area contributed by atoms with Crippen LogP contribution in [0.4, 0.5) is 9.52 Å². The monoisotopic (exact) mass is 196 g/mol. The lowest BCUT2D eigenvalue weighted by Crippen LogP contribution is -1.84. The highest BCUT2D eigenvalue weighted by Gasteiger charge is 2.09. The summed E-state index contributed by atoms with van der Waals surface area (Å²) >= 11 is 1.34. The highest BCUT2D eigenvalue weighted by molar-refractivity contribution is 7.22. The lowest BCUT2D eigenvalue weighted by atomic mass is 10.1. The summed E-state index contributed by atoms with van der Waals surface area (Å²) in [6.45, 7) is 2.03. The van der Waals surface area contributed by atoms with Gasteiger partial charge in [0.15, 0.2) is 5.13 Å². The molecule has 1 heterocycles. The van der Waals surface area contributed by atoms with Crippen LogP contribution in [0.3, 0.4) is 0 Å². The van der Waals surface area contributed by atoms with E-state index in [9.17, 15) is 4.39 Å². The summed E-state index contributed by atoms with van der Waals surface area (Å²) in [7, 11) is 0. The number of nitrogen functional groups attached to an aromatic ring is 1. The minimum Gasteiger partial charge on any atom is -0.375 e. The molecule has 0 spiro atoms. The third-order valence-corrected chi connectivity index (χ3v) is 2.93. The van der Waals surface area contributed by atoms with Crippen LogP contribution in [-0.4, -0.2) is 4.98 Å². The molecular weight excluding hydrogens is 187 g/mol. The number of thiazole rings is 1. The van der Waals surface area contributed by atoms with Gasteiger partial charge in [0.25, 0.3) is 0 Å². The number of hydrogen-bond donors (Lipinski definition) is 1. The van der Waals surface area contributed by atoms with Crippen molar-refractivity contribution in [3.8, 4) is 0 Å². The Hall–Kier alpha value is -1.16. The molecule has 0 radical (unpaired) electrons. The summed E-state index contributed by atoms with van der Waals surface area (Å²) in [6, 6.07) is 3.23. The summed E-state index contributed by atoms with van der Waals surface area (Å²) in [5.74, 6) is -0.292. The maximum absolute atomic E-state index is 13.2. The summed E-state index contributed by atoms with van der Waals surface area (Å²) in [5, 5.41) is 0.426. The molecule has 2 N–H and O–H groups in total. The number of benzene rings is 1. The van der Waals surface area contributed by atoms with Crippen molar-refractivity contribution in [2.24, 2.45) is 0 Å². The molecule has 13 heavy (non-hydrogen) atoms. The molecule has 0 unspecified atom stereocenters. The van der Waals surface area contributed by atoms with E-state index in [-0.39, 0.29) is 5.82 Å². The predicted octanol–water partition coefficient (Wildman–Crippen LogP) is 2.58. The Bertz CT molecular complexity index is 450. The molecule has 1 aromatic carbocycles. The van der Waals surface area contributed by atoms with E-state index in [4.69, 9.17) is 5.73 Å². The quantitative estimate of drug-likeness (QED) is 0.761. The van der Waals surface area contributed by atoms with Crippen molar-refractivity contribution < 1.29 is 4.39 Å². The van der Waals surface area contributed by atoms with Crippen LogP contribution in [0.25, 0.3) is 10.2 Å². The number of halogens is 1. The third kappa shape index (κ3) is 1.27. The van der Waals surface area contributed by atoms with Crippen molar-refractivity contribution in [1.82, 2.24) is 4.98 Å². The highest BCUT2D eigenvalue weighted by atomic mass is 32.1. The van der Waals surface area contributed by atoms with Crippen LogP contribution in [0.5, 0.6) is 0 Å². The van der Waals surface area contributed by atoms with E-state index in [0.29, 0.717) is 10.6 Å². The van der Waals surface area contributed by atoms with E-state index in [1.54, 1.807) is 6.07 Å². The van der Waals surface area contributed by atoms with E-state index >= 15 is 0 Å². The van der Waals surface area contributed by atoms with Crippen molar-refractivity contribution in [3.63, 3.8) is 0 Å². The van der Waals surface area contributed by atoms with Crippen molar-refractivity contribution in [2.45, 2.75) is 13.3 Å². The number of anilines is 1. The molecule has 0 aliphatic heterocycles. The van der Waals surface area contributed by atoms with Crippen LogP contribution < -0.4 is 5.73 Å². The summed E-state index contributed by atoms with van der Waals surface area (Å²) in [5.41, 5.74) is 7.03. The molecule has 0 atom stereocenters. The maximum atomic E-state index is 13.2. The molecule has 1 aromatic heterocycles. The number of rotatable bonds is 1. The Labute approximate surface area is 79.2 Å². The maximum Gasteiger partial charge on any atom is 0.181 e. The minimum atomic E-state index is -0.292. The first-order chi connectivity index (χ1) is 6.22. The molecule has 2 aromatic rings. The van der Waals surface area contributed by atoms with Crippen LogP contribution >= 0.6 is 11.3 Å². The lowest BCUT2D eigenvalue weighted by molar-refractivity contribution is 0.637. The highest BCUT2D eigenvalue weighted by Crippen LogP contribution is 2.29. The topological polar surface area (TPSA) is 38.9 Å². The first kappa shape index (κ1) is 8.44. The fourth-order valence-electron chi connectivity index (χ4n) is 1.32. The Morgan fingerprint density at radius 1 is 1.54 bits per heavy atom. The SMILES string of the molecule is CCc1ccc(F)c2nc(N)sc12. The Kier molecular flexibility index (Phi) is 1.92. The zero-order chi connectivity index (χ0) is 9.42. The molecule has 2 nitrogen and oxygen atoms in total. The Balaban J connectivity index is 2.83. The second kappa shape index (κ2) is 2.96. The second-order valence-electron chi connectivity index (χ2n) is 2.79. The predicted molar refractivity (Wildman–Crippen MR) is 53.4 cm³/mol. The van der Waals surface area contributed by atoms with Crippen molar-refractivity contribution in [2.75, 3.05) is 5.73 Å². The Morgan fingerprint density at radius 3 is 3.00 bits per heavy atom. The largest absolute Gasteiger partial charge is 0.375 e. The van der Waals surface area contributed by atoms with Gasteiger partial charge >= 0.3 is 0 Å². The van der Waals surface area contributed by atoms with Gasteiger partial charge in [-0.25, -0.2) is 9.37 Å². The first-order valence-electron chi connectivity index (χ1n) is 4.05. The molecule has 0 saturated carbocycles. The van der Waals surface area contributed by atoms with Gasteiger partial charge in [-0.05, 0) is 18.1 Å².